The van der Waals surface area contributed by atoms with Crippen molar-refractivity contribution < 1.29 is 19.5 Å². The maximum Gasteiger partial charge on any atom is 0.295 e. The van der Waals surface area contributed by atoms with Gasteiger partial charge < -0.3 is 21.7 Å². The minimum atomic E-state index is -1.46. The van der Waals surface area contributed by atoms with Crippen LogP contribution in [-0.4, -0.2) is 27.8 Å². The van der Waals surface area contributed by atoms with Crippen LogP contribution in [0.3, 0.4) is 0 Å². The van der Waals surface area contributed by atoms with Crippen molar-refractivity contribution in [1.29, 1.82) is 0 Å². The molecule has 0 aromatic heterocycles. The number of aliphatic hydroxyl groups is 2. The second-order valence-corrected chi connectivity index (χ2v) is 3.78. The molecule has 0 amide bonds. The maximum atomic E-state index is 13.4. The molecule has 100 valence electrons. The number of nitrogen functional groups attached to an aromatic ring is 1. The van der Waals surface area contributed by atoms with Gasteiger partial charge in [-0.15, -0.1) is 0 Å². The molecule has 6 N–H and O–H groups in total. The number of aliphatic hydroxyl groups excluding tert-OH is 2. The minimum absolute atomic E-state index is 0.0843. The van der Waals surface area contributed by atoms with E-state index in [4.69, 9.17) is 11.5 Å². The molecule has 1 aromatic rings. The molecule has 1 rings (SSSR count). The summed E-state index contributed by atoms with van der Waals surface area (Å²) in [6.07, 6.45) is -2.60. The average Bonchev–Trinajstić information content (AvgIpc) is 2.31. The van der Waals surface area contributed by atoms with Gasteiger partial charge in [0.15, 0.2) is 5.82 Å². The molecule has 0 aliphatic carbocycles. The van der Waals surface area contributed by atoms with E-state index in [2.05, 4.69) is 0 Å². The highest BCUT2D eigenvalue weighted by atomic mass is 19.1. The molecule has 2 atom stereocenters. The van der Waals surface area contributed by atoms with Crippen molar-refractivity contribution in [1.82, 2.24) is 0 Å². The molecule has 0 heterocycles. The SMILES string of the molecule is NCCC(O)C(O)c1cc(F)c(N)c([N+](=O)[O-])c1. The van der Waals surface area contributed by atoms with E-state index in [1.165, 1.54) is 0 Å². The summed E-state index contributed by atoms with van der Waals surface area (Å²) in [5.41, 5.74) is 9.04. The molecule has 1 aromatic carbocycles. The van der Waals surface area contributed by atoms with Crippen molar-refractivity contribution in [2.75, 3.05) is 12.3 Å². The fourth-order valence-corrected chi connectivity index (χ4v) is 1.50. The van der Waals surface area contributed by atoms with E-state index in [0.717, 1.165) is 12.1 Å². The summed E-state index contributed by atoms with van der Waals surface area (Å²) in [4.78, 5) is 9.78. The van der Waals surface area contributed by atoms with E-state index in [9.17, 15) is 24.7 Å². The molecule has 0 saturated heterocycles. The minimum Gasteiger partial charge on any atom is -0.391 e. The van der Waals surface area contributed by atoms with Gasteiger partial charge in [0.25, 0.3) is 5.69 Å². The lowest BCUT2D eigenvalue weighted by Crippen LogP contribution is -2.22. The molecule has 0 saturated carbocycles. The molecule has 8 heteroatoms. The fourth-order valence-electron chi connectivity index (χ4n) is 1.50. The van der Waals surface area contributed by atoms with Crippen LogP contribution in [0.15, 0.2) is 12.1 Å². The Labute approximate surface area is 102 Å². The number of anilines is 1. The third-order valence-electron chi connectivity index (χ3n) is 2.50. The van der Waals surface area contributed by atoms with E-state index in [1.807, 2.05) is 0 Å². The topological polar surface area (TPSA) is 136 Å². The molecule has 18 heavy (non-hydrogen) atoms. The summed E-state index contributed by atoms with van der Waals surface area (Å²) in [5, 5.41) is 29.9. The van der Waals surface area contributed by atoms with E-state index < -0.39 is 34.3 Å². The maximum absolute atomic E-state index is 13.4. The number of nitro groups is 1. The number of benzene rings is 1. The van der Waals surface area contributed by atoms with Gasteiger partial charge in [-0.05, 0) is 24.6 Å². The monoisotopic (exact) mass is 259 g/mol. The summed E-state index contributed by atoms with van der Waals surface area (Å²) >= 11 is 0. The third-order valence-corrected chi connectivity index (χ3v) is 2.50. The Kier molecular flexibility index (Phi) is 4.54. The lowest BCUT2D eigenvalue weighted by atomic mass is 10.0. The van der Waals surface area contributed by atoms with Gasteiger partial charge in [-0.25, -0.2) is 4.39 Å². The molecule has 0 aliphatic rings. The number of nitrogens with two attached hydrogens (primary N) is 2. The van der Waals surface area contributed by atoms with E-state index in [1.54, 1.807) is 0 Å². The summed E-state index contributed by atoms with van der Waals surface area (Å²) in [5.74, 6) is -1.02. The van der Waals surface area contributed by atoms with Crippen LogP contribution in [0.2, 0.25) is 0 Å². The van der Waals surface area contributed by atoms with Crippen LogP contribution in [0, 0.1) is 15.9 Å². The number of hydrogen-bond donors (Lipinski definition) is 4. The number of hydrogen-bond acceptors (Lipinski definition) is 6. The van der Waals surface area contributed by atoms with E-state index >= 15 is 0 Å². The van der Waals surface area contributed by atoms with Crippen molar-refractivity contribution in [3.8, 4) is 0 Å². The summed E-state index contributed by atoms with van der Waals surface area (Å²) < 4.78 is 13.4. The van der Waals surface area contributed by atoms with Gasteiger partial charge in [0.2, 0.25) is 0 Å². The normalized spacial score (nSPS) is 14.2. The Balaban J connectivity index is 3.14. The Morgan fingerprint density at radius 1 is 1.44 bits per heavy atom. The average molecular weight is 259 g/mol. The molecule has 0 aliphatic heterocycles. The van der Waals surface area contributed by atoms with Crippen molar-refractivity contribution in [2.24, 2.45) is 5.73 Å². The summed E-state index contributed by atoms with van der Waals surface area (Å²) in [6, 6.07) is 1.79. The number of nitro benzene ring substituents is 1. The first-order chi connectivity index (χ1) is 8.38. The zero-order valence-corrected chi connectivity index (χ0v) is 9.41. The van der Waals surface area contributed by atoms with Gasteiger partial charge in [0.05, 0.1) is 11.0 Å². The van der Waals surface area contributed by atoms with Crippen LogP contribution in [0.25, 0.3) is 0 Å². The lowest BCUT2D eigenvalue weighted by molar-refractivity contribution is -0.384. The third kappa shape index (κ3) is 2.92. The Hall–Kier alpha value is -1.77. The molecular weight excluding hydrogens is 245 g/mol. The van der Waals surface area contributed by atoms with Gasteiger partial charge in [-0.3, -0.25) is 10.1 Å². The molecular formula is C10H14FN3O4. The van der Waals surface area contributed by atoms with Gasteiger partial charge in [0.1, 0.15) is 11.8 Å². The van der Waals surface area contributed by atoms with Gasteiger partial charge >= 0.3 is 0 Å². The first-order valence-corrected chi connectivity index (χ1v) is 5.18. The van der Waals surface area contributed by atoms with E-state index in [0.29, 0.717) is 0 Å². The fraction of sp³-hybridized carbons (Fsp3) is 0.400. The number of halogens is 1. The summed E-state index contributed by atoms with van der Waals surface area (Å²) in [7, 11) is 0. The standard InChI is InChI=1S/C10H14FN3O4/c11-6-3-5(10(16)8(15)1-2-12)4-7(9(6)13)14(17)18/h3-4,8,10,15-16H,1-2,12-13H2. The molecule has 2 unspecified atom stereocenters. The molecule has 7 nitrogen and oxygen atoms in total. The molecule has 0 spiro atoms. The predicted octanol–water partition coefficient (Wildman–Crippen LogP) is 0.0592. The van der Waals surface area contributed by atoms with Crippen LogP contribution in [0.1, 0.15) is 18.1 Å². The van der Waals surface area contributed by atoms with Gasteiger partial charge in [-0.1, -0.05) is 0 Å². The Bertz CT molecular complexity index is 455. The quantitative estimate of drug-likeness (QED) is 0.335. The van der Waals surface area contributed by atoms with E-state index in [-0.39, 0.29) is 18.5 Å². The highest BCUT2D eigenvalue weighted by Gasteiger charge is 2.24. The summed E-state index contributed by atoms with van der Waals surface area (Å²) in [6.45, 7) is 0.123. The van der Waals surface area contributed by atoms with Crippen molar-refractivity contribution in [3.05, 3.63) is 33.6 Å². The van der Waals surface area contributed by atoms with Crippen molar-refractivity contribution in [3.63, 3.8) is 0 Å². The highest BCUT2D eigenvalue weighted by molar-refractivity contribution is 5.60. The zero-order valence-electron chi connectivity index (χ0n) is 9.41. The molecule has 0 bridgehead atoms. The van der Waals surface area contributed by atoms with Crippen LogP contribution < -0.4 is 11.5 Å². The number of rotatable bonds is 5. The smallest absolute Gasteiger partial charge is 0.295 e. The molecule has 0 radical (unpaired) electrons. The van der Waals surface area contributed by atoms with Crippen LogP contribution >= 0.6 is 0 Å². The first-order valence-electron chi connectivity index (χ1n) is 5.18. The van der Waals surface area contributed by atoms with Crippen molar-refractivity contribution >= 4 is 11.4 Å². The van der Waals surface area contributed by atoms with Gasteiger partial charge in [0, 0.05) is 6.07 Å². The second-order valence-electron chi connectivity index (χ2n) is 3.78. The van der Waals surface area contributed by atoms with Crippen LogP contribution in [0.5, 0.6) is 0 Å². The van der Waals surface area contributed by atoms with Gasteiger partial charge in [-0.2, -0.15) is 0 Å². The number of nitrogens with zero attached hydrogens (tertiary/aromatic N) is 1. The van der Waals surface area contributed by atoms with Crippen LogP contribution in [0.4, 0.5) is 15.8 Å². The van der Waals surface area contributed by atoms with Crippen molar-refractivity contribution in [2.45, 2.75) is 18.6 Å². The zero-order chi connectivity index (χ0) is 13.9. The predicted molar refractivity (Wildman–Crippen MR) is 62.1 cm³/mol. The highest BCUT2D eigenvalue weighted by Crippen LogP contribution is 2.30. The first kappa shape index (κ1) is 14.3. The second kappa shape index (κ2) is 5.71. The lowest BCUT2D eigenvalue weighted by Gasteiger charge is -2.17. The van der Waals surface area contributed by atoms with Crippen LogP contribution in [-0.2, 0) is 0 Å². The molecule has 0 fully saturated rings. The Morgan fingerprint density at radius 2 is 2.06 bits per heavy atom. The Morgan fingerprint density at radius 3 is 2.56 bits per heavy atom. The largest absolute Gasteiger partial charge is 0.391 e.